The molecule has 16 heavy (non-hydrogen) atoms. The Bertz CT molecular complexity index is 270. The van der Waals surface area contributed by atoms with Crippen LogP contribution in [-0.4, -0.2) is 5.11 Å². The van der Waals surface area contributed by atoms with Crippen molar-refractivity contribution in [2.75, 3.05) is 0 Å². The molecule has 0 unspecified atom stereocenters. The van der Waals surface area contributed by atoms with E-state index in [2.05, 4.69) is 19.1 Å². The zero-order valence-corrected chi connectivity index (χ0v) is 11.4. The molecule has 1 aromatic carbocycles. The van der Waals surface area contributed by atoms with Crippen molar-refractivity contribution in [1.82, 2.24) is 0 Å². The molecule has 0 bridgehead atoms. The minimum Gasteiger partial charge on any atom is -0.385 e. The van der Waals surface area contributed by atoms with Crippen LogP contribution in [0.25, 0.3) is 0 Å². The minimum atomic E-state index is -0.492. The number of aryl methyl sites for hydroxylation is 1. The predicted molar refractivity (Wildman–Crippen MR) is 71.6 cm³/mol. The van der Waals surface area contributed by atoms with Crippen LogP contribution < -0.4 is 0 Å². The van der Waals surface area contributed by atoms with Gasteiger partial charge in [-0.05, 0) is 31.7 Å². The summed E-state index contributed by atoms with van der Waals surface area (Å²) in [5.74, 6) is 0. The molecule has 1 aliphatic carbocycles. The summed E-state index contributed by atoms with van der Waals surface area (Å²) in [7, 11) is 0. The zero-order chi connectivity index (χ0) is 12.6. The van der Waals surface area contributed by atoms with Crippen LogP contribution in [0.15, 0.2) is 24.3 Å². The van der Waals surface area contributed by atoms with Gasteiger partial charge in [-0.25, -0.2) is 0 Å². The highest BCUT2D eigenvalue weighted by atomic mass is 16.3. The molecule has 0 atom stereocenters. The van der Waals surface area contributed by atoms with E-state index in [9.17, 15) is 5.11 Å². The highest BCUT2D eigenvalue weighted by Gasteiger charge is 2.35. The Morgan fingerprint density at radius 1 is 0.938 bits per heavy atom. The summed E-state index contributed by atoms with van der Waals surface area (Å²) in [6, 6.07) is 8.19. The third-order valence-corrected chi connectivity index (χ3v) is 2.77. The molecule has 1 aliphatic rings. The van der Waals surface area contributed by atoms with Gasteiger partial charge in [0.15, 0.2) is 0 Å². The number of aliphatic hydroxyl groups is 1. The predicted octanol–water partition coefficient (Wildman–Crippen LogP) is 4.42. The summed E-state index contributed by atoms with van der Waals surface area (Å²) in [6.07, 6.45) is 3.01. The fraction of sp³-hybridized carbons (Fsp3) is 0.600. The van der Waals surface area contributed by atoms with Gasteiger partial charge < -0.3 is 5.11 Å². The summed E-state index contributed by atoms with van der Waals surface area (Å²) in [6.45, 7) is 10.1. The van der Waals surface area contributed by atoms with E-state index in [1.54, 1.807) is 0 Å². The third kappa shape index (κ3) is 3.64. The molecule has 2 rings (SSSR count). The second-order valence-electron chi connectivity index (χ2n) is 3.75. The van der Waals surface area contributed by atoms with Gasteiger partial charge in [-0.2, -0.15) is 0 Å². The standard InChI is InChI=1S/C11H14O.2C2H6/c1-9-3-5-10(6-4-9)11(12)7-2-8-11;2*1-2/h3-6,12H,2,7-8H2,1H3;2*1-2H3. The van der Waals surface area contributed by atoms with Crippen molar-refractivity contribution in [2.24, 2.45) is 0 Å². The van der Waals surface area contributed by atoms with Crippen LogP contribution in [0.4, 0.5) is 0 Å². The van der Waals surface area contributed by atoms with Crippen molar-refractivity contribution in [3.05, 3.63) is 35.4 Å². The third-order valence-electron chi connectivity index (χ3n) is 2.77. The molecule has 1 aromatic rings. The fourth-order valence-corrected chi connectivity index (χ4v) is 1.66. The monoisotopic (exact) mass is 222 g/mol. The molecule has 0 saturated heterocycles. The van der Waals surface area contributed by atoms with Gasteiger partial charge in [0.05, 0.1) is 5.60 Å². The molecule has 0 radical (unpaired) electrons. The first-order valence-corrected chi connectivity index (χ1v) is 6.50. The van der Waals surface area contributed by atoms with E-state index in [0.717, 1.165) is 24.8 Å². The van der Waals surface area contributed by atoms with Gasteiger partial charge in [-0.1, -0.05) is 57.5 Å². The molecule has 0 heterocycles. The Labute approximate surface area is 101 Å². The molecule has 1 nitrogen and oxygen atoms in total. The molecular formula is C15H26O. The Morgan fingerprint density at radius 3 is 1.69 bits per heavy atom. The molecule has 1 N–H and O–H groups in total. The van der Waals surface area contributed by atoms with Crippen LogP contribution in [0.2, 0.25) is 0 Å². The first kappa shape index (κ1) is 15.2. The fourth-order valence-electron chi connectivity index (χ4n) is 1.66. The molecule has 92 valence electrons. The molecule has 1 saturated carbocycles. The van der Waals surface area contributed by atoms with Crippen LogP contribution >= 0.6 is 0 Å². The number of hydrogen-bond donors (Lipinski definition) is 1. The number of rotatable bonds is 1. The van der Waals surface area contributed by atoms with Crippen molar-refractivity contribution in [3.8, 4) is 0 Å². The van der Waals surface area contributed by atoms with Crippen LogP contribution in [-0.2, 0) is 5.60 Å². The topological polar surface area (TPSA) is 20.2 Å². The summed E-state index contributed by atoms with van der Waals surface area (Å²) < 4.78 is 0. The summed E-state index contributed by atoms with van der Waals surface area (Å²) in [5.41, 5.74) is 1.84. The van der Waals surface area contributed by atoms with Crippen LogP contribution in [0.1, 0.15) is 58.1 Å². The smallest absolute Gasteiger partial charge is 0.0896 e. The highest BCUT2D eigenvalue weighted by Crippen LogP contribution is 2.40. The maximum Gasteiger partial charge on any atom is 0.0896 e. The van der Waals surface area contributed by atoms with E-state index in [1.165, 1.54) is 5.56 Å². The Balaban J connectivity index is 0.000000509. The average molecular weight is 222 g/mol. The molecule has 0 aromatic heterocycles. The van der Waals surface area contributed by atoms with E-state index >= 15 is 0 Å². The lowest BCUT2D eigenvalue weighted by atomic mass is 9.75. The van der Waals surface area contributed by atoms with Gasteiger partial charge in [0.2, 0.25) is 0 Å². The molecule has 1 heteroatoms. The second kappa shape index (κ2) is 7.45. The Hall–Kier alpha value is -0.820. The summed E-state index contributed by atoms with van der Waals surface area (Å²) >= 11 is 0. The van der Waals surface area contributed by atoms with Crippen molar-refractivity contribution in [1.29, 1.82) is 0 Å². The Morgan fingerprint density at radius 2 is 1.38 bits per heavy atom. The second-order valence-corrected chi connectivity index (χ2v) is 3.75. The Kier molecular flexibility index (Phi) is 7.07. The van der Waals surface area contributed by atoms with Gasteiger partial charge in [0, 0.05) is 0 Å². The lowest BCUT2D eigenvalue weighted by molar-refractivity contribution is -0.0387. The van der Waals surface area contributed by atoms with E-state index in [4.69, 9.17) is 0 Å². The maximum absolute atomic E-state index is 9.97. The quantitative estimate of drug-likeness (QED) is 0.745. The van der Waals surface area contributed by atoms with Crippen LogP contribution in [0.5, 0.6) is 0 Å². The zero-order valence-electron chi connectivity index (χ0n) is 11.4. The van der Waals surface area contributed by atoms with Gasteiger partial charge in [0.1, 0.15) is 0 Å². The van der Waals surface area contributed by atoms with Crippen molar-refractivity contribution in [3.63, 3.8) is 0 Å². The summed E-state index contributed by atoms with van der Waals surface area (Å²) in [4.78, 5) is 0. The number of hydrogen-bond acceptors (Lipinski definition) is 1. The van der Waals surface area contributed by atoms with Crippen molar-refractivity contribution < 1.29 is 5.11 Å². The number of benzene rings is 1. The molecular weight excluding hydrogens is 196 g/mol. The van der Waals surface area contributed by atoms with E-state index in [1.807, 2.05) is 39.8 Å². The van der Waals surface area contributed by atoms with Gasteiger partial charge in [-0.15, -0.1) is 0 Å². The lowest BCUT2D eigenvalue weighted by Gasteiger charge is -2.37. The average Bonchev–Trinajstić information content (AvgIpc) is 2.32. The SMILES string of the molecule is CC.CC.Cc1ccc(C2(O)CCC2)cc1. The van der Waals surface area contributed by atoms with E-state index in [-0.39, 0.29) is 0 Å². The molecule has 0 spiro atoms. The maximum atomic E-state index is 9.97. The van der Waals surface area contributed by atoms with Gasteiger partial charge in [0.25, 0.3) is 0 Å². The highest BCUT2D eigenvalue weighted by molar-refractivity contribution is 5.27. The van der Waals surface area contributed by atoms with Crippen LogP contribution in [0, 0.1) is 6.92 Å². The summed E-state index contributed by atoms with van der Waals surface area (Å²) in [5, 5.41) is 9.97. The normalized spacial score (nSPS) is 15.9. The largest absolute Gasteiger partial charge is 0.385 e. The first-order chi connectivity index (χ1) is 7.71. The van der Waals surface area contributed by atoms with E-state index in [0.29, 0.717) is 0 Å². The van der Waals surface area contributed by atoms with Crippen molar-refractivity contribution >= 4 is 0 Å². The molecule has 0 aliphatic heterocycles. The lowest BCUT2D eigenvalue weighted by Crippen LogP contribution is -2.33. The first-order valence-electron chi connectivity index (χ1n) is 6.50. The van der Waals surface area contributed by atoms with Gasteiger partial charge >= 0.3 is 0 Å². The van der Waals surface area contributed by atoms with E-state index < -0.39 is 5.60 Å². The minimum absolute atomic E-state index is 0.492. The van der Waals surface area contributed by atoms with Gasteiger partial charge in [-0.3, -0.25) is 0 Å². The molecule has 0 amide bonds. The molecule has 1 fully saturated rings. The van der Waals surface area contributed by atoms with Crippen molar-refractivity contribution in [2.45, 2.75) is 59.5 Å². The van der Waals surface area contributed by atoms with Crippen LogP contribution in [0.3, 0.4) is 0 Å².